The zero-order valence-electron chi connectivity index (χ0n) is 9.94. The summed E-state index contributed by atoms with van der Waals surface area (Å²) in [5.74, 6) is -1.31. The molecule has 0 bridgehead atoms. The zero-order chi connectivity index (χ0) is 14.7. The fourth-order valence-corrected chi connectivity index (χ4v) is 1.61. The van der Waals surface area contributed by atoms with E-state index in [4.69, 9.17) is 4.74 Å². The predicted octanol–water partition coefficient (Wildman–Crippen LogP) is 3.60. The molecule has 0 spiro atoms. The molecular weight excluding hydrogens is 278 g/mol. The highest BCUT2D eigenvalue weighted by Gasteiger charge is 2.40. The standard InChI is InChI=1S/C11H12F6O2/c1-18-5-7-2-3-9(19-6-10(12,13)14)8(4-7)11(15,16)17/h3-4,7H,2,5-6H2,1H3. The van der Waals surface area contributed by atoms with Gasteiger partial charge in [0.15, 0.2) is 6.61 Å². The second kappa shape index (κ2) is 5.85. The molecule has 1 aliphatic carbocycles. The van der Waals surface area contributed by atoms with Gasteiger partial charge in [-0.25, -0.2) is 0 Å². The summed E-state index contributed by atoms with van der Waals surface area (Å²) in [7, 11) is 1.33. The van der Waals surface area contributed by atoms with Crippen molar-refractivity contribution in [3.8, 4) is 0 Å². The van der Waals surface area contributed by atoms with Gasteiger partial charge in [0.1, 0.15) is 5.76 Å². The van der Waals surface area contributed by atoms with Gasteiger partial charge in [-0.15, -0.1) is 0 Å². The van der Waals surface area contributed by atoms with E-state index in [1.165, 1.54) is 7.11 Å². The number of allylic oxidation sites excluding steroid dienone is 2. The molecule has 19 heavy (non-hydrogen) atoms. The number of hydrogen-bond acceptors (Lipinski definition) is 2. The van der Waals surface area contributed by atoms with Crippen molar-refractivity contribution in [1.82, 2.24) is 0 Å². The van der Waals surface area contributed by atoms with E-state index in [0.717, 1.165) is 12.2 Å². The van der Waals surface area contributed by atoms with Crippen LogP contribution in [0.5, 0.6) is 0 Å². The van der Waals surface area contributed by atoms with Gasteiger partial charge in [-0.2, -0.15) is 26.3 Å². The number of halogens is 6. The van der Waals surface area contributed by atoms with E-state index in [0.29, 0.717) is 0 Å². The Hall–Kier alpha value is -1.18. The zero-order valence-corrected chi connectivity index (χ0v) is 9.94. The molecule has 1 aliphatic rings. The maximum atomic E-state index is 12.7. The van der Waals surface area contributed by atoms with Crippen LogP contribution in [-0.4, -0.2) is 32.7 Å². The Balaban J connectivity index is 2.83. The lowest BCUT2D eigenvalue weighted by Gasteiger charge is -2.23. The molecule has 0 aliphatic heterocycles. The molecule has 1 unspecified atom stereocenters. The van der Waals surface area contributed by atoms with Crippen LogP contribution < -0.4 is 0 Å². The van der Waals surface area contributed by atoms with Crippen LogP contribution in [-0.2, 0) is 9.47 Å². The average Bonchev–Trinajstić information content (AvgIpc) is 2.25. The Kier molecular flexibility index (Phi) is 4.89. The quantitative estimate of drug-likeness (QED) is 0.736. The van der Waals surface area contributed by atoms with Gasteiger partial charge in [0.25, 0.3) is 0 Å². The van der Waals surface area contributed by atoms with Gasteiger partial charge < -0.3 is 9.47 Å². The lowest BCUT2D eigenvalue weighted by molar-refractivity contribution is -0.167. The second-order valence-electron chi connectivity index (χ2n) is 4.00. The van der Waals surface area contributed by atoms with Gasteiger partial charge in [-0.3, -0.25) is 0 Å². The maximum Gasteiger partial charge on any atom is 0.422 e. The van der Waals surface area contributed by atoms with Crippen LogP contribution in [0.4, 0.5) is 26.3 Å². The van der Waals surface area contributed by atoms with E-state index in [-0.39, 0.29) is 13.0 Å². The summed E-state index contributed by atoms with van der Waals surface area (Å²) in [6, 6.07) is 0. The van der Waals surface area contributed by atoms with Crippen LogP contribution >= 0.6 is 0 Å². The number of methoxy groups -OCH3 is 1. The van der Waals surface area contributed by atoms with Crippen LogP contribution in [0.15, 0.2) is 23.5 Å². The number of ether oxygens (including phenoxy) is 2. The molecule has 110 valence electrons. The largest absolute Gasteiger partial charge is 0.484 e. The molecule has 0 heterocycles. The highest BCUT2D eigenvalue weighted by molar-refractivity contribution is 5.34. The molecular formula is C11H12F6O2. The Morgan fingerprint density at radius 3 is 2.32 bits per heavy atom. The molecule has 0 amide bonds. The van der Waals surface area contributed by atoms with Crippen molar-refractivity contribution in [3.05, 3.63) is 23.5 Å². The Morgan fingerprint density at radius 2 is 1.84 bits per heavy atom. The molecule has 8 heteroatoms. The molecule has 2 nitrogen and oxygen atoms in total. The molecule has 1 rings (SSSR count). The molecule has 0 aromatic carbocycles. The fraction of sp³-hybridized carbons (Fsp3) is 0.636. The van der Waals surface area contributed by atoms with Crippen molar-refractivity contribution in [2.45, 2.75) is 18.8 Å². The molecule has 0 saturated carbocycles. The summed E-state index contributed by atoms with van der Waals surface area (Å²) >= 11 is 0. The lowest BCUT2D eigenvalue weighted by Crippen LogP contribution is -2.24. The van der Waals surface area contributed by atoms with E-state index < -0.39 is 36.2 Å². The summed E-state index contributed by atoms with van der Waals surface area (Å²) in [6.07, 6.45) is -7.45. The normalized spacial score (nSPS) is 20.9. The van der Waals surface area contributed by atoms with Gasteiger partial charge in [-0.1, -0.05) is 6.08 Å². The third-order valence-electron chi connectivity index (χ3n) is 2.35. The molecule has 0 aromatic rings. The summed E-state index contributed by atoms with van der Waals surface area (Å²) in [5.41, 5.74) is -1.19. The van der Waals surface area contributed by atoms with Gasteiger partial charge in [0.05, 0.1) is 12.2 Å². The van der Waals surface area contributed by atoms with E-state index in [1.54, 1.807) is 0 Å². The maximum absolute atomic E-state index is 12.7. The summed E-state index contributed by atoms with van der Waals surface area (Å²) in [6.45, 7) is -1.69. The predicted molar refractivity (Wildman–Crippen MR) is 54.2 cm³/mol. The Bertz CT molecular complexity index is 366. The van der Waals surface area contributed by atoms with E-state index in [9.17, 15) is 26.3 Å². The summed E-state index contributed by atoms with van der Waals surface area (Å²) in [5, 5.41) is 0. The Labute approximate surface area is 105 Å². The van der Waals surface area contributed by atoms with E-state index >= 15 is 0 Å². The number of alkyl halides is 6. The number of rotatable bonds is 4. The van der Waals surface area contributed by atoms with Crippen molar-refractivity contribution in [2.75, 3.05) is 20.3 Å². The van der Waals surface area contributed by atoms with Gasteiger partial charge in [0.2, 0.25) is 0 Å². The molecule has 0 fully saturated rings. The van der Waals surface area contributed by atoms with Crippen molar-refractivity contribution < 1.29 is 35.8 Å². The van der Waals surface area contributed by atoms with Crippen LogP contribution in [0, 0.1) is 5.92 Å². The average molecular weight is 290 g/mol. The van der Waals surface area contributed by atoms with Crippen LogP contribution in [0.3, 0.4) is 0 Å². The first-order valence-electron chi connectivity index (χ1n) is 5.31. The van der Waals surface area contributed by atoms with Crippen LogP contribution in [0.2, 0.25) is 0 Å². The lowest BCUT2D eigenvalue weighted by atomic mass is 9.95. The first-order chi connectivity index (χ1) is 8.63. The minimum Gasteiger partial charge on any atom is -0.484 e. The second-order valence-corrected chi connectivity index (χ2v) is 4.00. The minimum atomic E-state index is -4.76. The van der Waals surface area contributed by atoms with Crippen LogP contribution in [0.1, 0.15) is 6.42 Å². The molecule has 0 saturated heterocycles. The van der Waals surface area contributed by atoms with Gasteiger partial charge in [-0.05, 0) is 12.5 Å². The topological polar surface area (TPSA) is 18.5 Å². The fourth-order valence-electron chi connectivity index (χ4n) is 1.61. The highest BCUT2D eigenvalue weighted by atomic mass is 19.4. The van der Waals surface area contributed by atoms with Crippen molar-refractivity contribution in [1.29, 1.82) is 0 Å². The van der Waals surface area contributed by atoms with Crippen LogP contribution in [0.25, 0.3) is 0 Å². The molecule has 0 aromatic heterocycles. The molecule has 0 N–H and O–H groups in total. The highest BCUT2D eigenvalue weighted by Crippen LogP contribution is 2.37. The third-order valence-corrected chi connectivity index (χ3v) is 2.35. The van der Waals surface area contributed by atoms with E-state index in [1.807, 2.05) is 0 Å². The SMILES string of the molecule is COCC1C=C(C(F)(F)F)C(OCC(F)(F)F)=CC1. The first kappa shape index (κ1) is 15.9. The molecule has 0 radical (unpaired) electrons. The first-order valence-corrected chi connectivity index (χ1v) is 5.31. The van der Waals surface area contributed by atoms with Crippen molar-refractivity contribution >= 4 is 0 Å². The number of hydrogen-bond donors (Lipinski definition) is 0. The minimum absolute atomic E-state index is 0.0582. The summed E-state index contributed by atoms with van der Waals surface area (Å²) < 4.78 is 83.0. The smallest absolute Gasteiger partial charge is 0.422 e. The monoisotopic (exact) mass is 290 g/mol. The summed E-state index contributed by atoms with van der Waals surface area (Å²) in [4.78, 5) is 0. The van der Waals surface area contributed by atoms with E-state index in [2.05, 4.69) is 4.74 Å². The molecule has 1 atom stereocenters. The Morgan fingerprint density at radius 1 is 1.21 bits per heavy atom. The third kappa shape index (κ3) is 5.14. The van der Waals surface area contributed by atoms with Crippen molar-refractivity contribution in [2.24, 2.45) is 5.92 Å². The van der Waals surface area contributed by atoms with Gasteiger partial charge >= 0.3 is 12.4 Å². The van der Waals surface area contributed by atoms with Gasteiger partial charge in [0, 0.05) is 13.0 Å². The van der Waals surface area contributed by atoms with Crippen molar-refractivity contribution in [3.63, 3.8) is 0 Å².